The van der Waals surface area contributed by atoms with E-state index in [2.05, 4.69) is 11.1 Å². The third kappa shape index (κ3) is 6.84. The molecular weight excluding hydrogens is 802 g/mol. The maximum absolute atomic E-state index is 14.4. The van der Waals surface area contributed by atoms with Crippen LogP contribution in [0.3, 0.4) is 0 Å². The van der Waals surface area contributed by atoms with Gasteiger partial charge in [0.2, 0.25) is 0 Å². The second kappa shape index (κ2) is 13.6. The maximum Gasteiger partial charge on any atom is 0.403 e. The third-order valence-electron chi connectivity index (χ3n) is 7.75. The smallest absolute Gasteiger partial charge is 0.403 e. The molecule has 7 rings (SSSR count). The van der Waals surface area contributed by atoms with Crippen molar-refractivity contribution >= 4 is 48.9 Å². The predicted octanol–water partition coefficient (Wildman–Crippen LogP) is 11.2. The molecule has 0 bridgehead atoms. The third-order valence-corrected chi connectivity index (χ3v) is 7.75. The number of aromatic nitrogens is 1. The largest absolute Gasteiger partial charge is 0.512 e. The van der Waals surface area contributed by atoms with Gasteiger partial charge in [-0.2, -0.15) is 13.2 Å². The molecule has 0 fully saturated rings. The number of allylic oxidation sites excluding steroid dienone is 2. The van der Waals surface area contributed by atoms with Crippen LogP contribution in [0.15, 0.2) is 115 Å². The summed E-state index contributed by atoms with van der Waals surface area (Å²) in [6.45, 7) is 2.85. The molecule has 3 nitrogen and oxygen atoms in total. The van der Waals surface area contributed by atoms with Gasteiger partial charge in [0.05, 0.1) is 5.76 Å². The number of fused-ring (bicyclic) bond motifs is 6. The Labute approximate surface area is 285 Å². The van der Waals surface area contributed by atoms with Crippen LogP contribution in [0.5, 0.6) is 0 Å². The van der Waals surface area contributed by atoms with E-state index in [1.54, 1.807) is 30.5 Å². The van der Waals surface area contributed by atoms with Gasteiger partial charge in [0.1, 0.15) is 11.6 Å². The molecule has 243 valence electrons. The van der Waals surface area contributed by atoms with Crippen molar-refractivity contribution < 1.29 is 52.0 Å². The van der Waals surface area contributed by atoms with Gasteiger partial charge in [0, 0.05) is 49.7 Å². The van der Waals surface area contributed by atoms with E-state index in [0.29, 0.717) is 27.6 Å². The zero-order valence-electron chi connectivity index (χ0n) is 25.4. The molecule has 0 aliphatic heterocycles. The Kier molecular flexibility index (Phi) is 9.76. The van der Waals surface area contributed by atoms with Gasteiger partial charge in [-0.1, -0.05) is 65.5 Å². The average molecular weight is 827 g/mol. The van der Waals surface area contributed by atoms with E-state index in [1.807, 2.05) is 42.5 Å². The fraction of sp³-hybridized carbons (Fsp3) is 0.0769. The van der Waals surface area contributed by atoms with Crippen LogP contribution in [0.4, 0.5) is 22.0 Å². The molecule has 0 unspecified atom stereocenters. The van der Waals surface area contributed by atoms with Gasteiger partial charge < -0.3 is 5.11 Å². The summed E-state index contributed by atoms with van der Waals surface area (Å²) in [4.78, 5) is 14.5. The molecule has 9 heteroatoms. The van der Waals surface area contributed by atoms with Crippen molar-refractivity contribution in [3.63, 3.8) is 0 Å². The number of hydrogen-bond donors (Lipinski definition) is 1. The van der Waals surface area contributed by atoms with Crippen LogP contribution in [0, 0.1) is 17.7 Å². The number of ketones is 1. The Morgan fingerprint density at radius 2 is 1.44 bits per heavy atom. The van der Waals surface area contributed by atoms with Crippen molar-refractivity contribution in [3.8, 4) is 22.4 Å². The minimum atomic E-state index is -4.53. The Balaban J connectivity index is 0.000000511. The van der Waals surface area contributed by atoms with Crippen LogP contribution in [-0.4, -0.2) is 15.9 Å². The number of nitrogens with zero attached hydrogens (tertiary/aromatic N) is 1. The SMILES string of the molecule is CC(=O)/C=C(/C)O.Fc1ccc(-c2ccc3c(ccc4c5ccnc(-c6[c-]c7ccccc7c(C(F)(F)F)c6)c5ccc34)c2)c(F)c1.[Ir]. The average Bonchev–Trinajstić information content (AvgIpc) is 3.02. The molecule has 1 aromatic heterocycles. The number of benzene rings is 6. The summed E-state index contributed by atoms with van der Waals surface area (Å²) in [6, 6.07) is 29.2. The van der Waals surface area contributed by atoms with Gasteiger partial charge >= 0.3 is 6.18 Å². The minimum Gasteiger partial charge on any atom is -0.512 e. The number of halogens is 5. The van der Waals surface area contributed by atoms with Crippen LogP contribution < -0.4 is 0 Å². The van der Waals surface area contributed by atoms with Crippen molar-refractivity contribution in [1.29, 1.82) is 0 Å². The molecule has 0 saturated carbocycles. The fourth-order valence-electron chi connectivity index (χ4n) is 5.80. The molecule has 0 saturated heterocycles. The molecule has 7 aromatic rings. The van der Waals surface area contributed by atoms with E-state index >= 15 is 0 Å². The number of carbonyl (C=O) groups is 1. The number of hydrogen-bond acceptors (Lipinski definition) is 3. The molecule has 0 aliphatic rings. The van der Waals surface area contributed by atoms with Crippen LogP contribution >= 0.6 is 0 Å². The van der Waals surface area contributed by atoms with Gasteiger partial charge in [-0.05, 0) is 81.6 Å². The van der Waals surface area contributed by atoms with E-state index < -0.39 is 23.4 Å². The second-order valence-corrected chi connectivity index (χ2v) is 11.1. The number of carbonyl (C=O) groups excluding carboxylic acids is 1. The number of rotatable bonds is 3. The summed E-state index contributed by atoms with van der Waals surface area (Å²) in [6.07, 6.45) is -1.77. The molecule has 1 heterocycles. The van der Waals surface area contributed by atoms with Crippen LogP contribution in [0.1, 0.15) is 19.4 Å². The first-order valence-corrected chi connectivity index (χ1v) is 14.5. The first kappa shape index (κ1) is 34.4. The molecule has 0 spiro atoms. The molecule has 1 N–H and O–H groups in total. The van der Waals surface area contributed by atoms with Gasteiger partial charge in [0.25, 0.3) is 0 Å². The first-order valence-electron chi connectivity index (χ1n) is 14.5. The summed E-state index contributed by atoms with van der Waals surface area (Å²) >= 11 is 0. The van der Waals surface area contributed by atoms with E-state index in [9.17, 15) is 26.7 Å². The van der Waals surface area contributed by atoms with Gasteiger partial charge in [-0.25, -0.2) is 8.78 Å². The molecule has 1 radical (unpaired) electrons. The number of aliphatic hydroxyl groups is 1. The van der Waals surface area contributed by atoms with Crippen molar-refractivity contribution in [3.05, 3.63) is 138 Å². The van der Waals surface area contributed by atoms with Crippen LogP contribution in [0.2, 0.25) is 0 Å². The summed E-state index contributed by atoms with van der Waals surface area (Å²) in [5.41, 5.74) is 0.892. The number of aliphatic hydroxyl groups excluding tert-OH is 1. The molecule has 0 atom stereocenters. The quantitative estimate of drug-likeness (QED) is 0.0635. The molecule has 48 heavy (non-hydrogen) atoms. The predicted molar refractivity (Wildman–Crippen MR) is 176 cm³/mol. The summed E-state index contributed by atoms with van der Waals surface area (Å²) in [5.74, 6) is -1.33. The van der Waals surface area contributed by atoms with Crippen molar-refractivity contribution in [1.82, 2.24) is 4.98 Å². The summed E-state index contributed by atoms with van der Waals surface area (Å²) in [5, 5.41) is 14.0. The van der Waals surface area contributed by atoms with E-state index in [1.165, 1.54) is 38.1 Å². The normalized spacial score (nSPS) is 11.8. The van der Waals surface area contributed by atoms with Crippen molar-refractivity contribution in [2.75, 3.05) is 0 Å². The standard InChI is InChI=1S/C34H17F5N.C5H8O2.Ir/c35-23-7-10-26(32(36)18-23)21-5-8-24-20(15-21)6-9-28-27(24)11-12-30-29(28)13-14-40-33(30)22-16-19-3-1-2-4-25(19)31(17-22)34(37,38)39;1-4(6)3-5(2)7;/h1-15,17-18H;3,6H,1-2H3;/q-1;;/b;4-3-;. The van der Waals surface area contributed by atoms with E-state index in [4.69, 9.17) is 5.11 Å². The zero-order chi connectivity index (χ0) is 33.5. The topological polar surface area (TPSA) is 50.2 Å². The number of alkyl halides is 3. The number of pyridine rings is 1. The van der Waals surface area contributed by atoms with Crippen LogP contribution in [0.25, 0.3) is 65.5 Å². The fourth-order valence-corrected chi connectivity index (χ4v) is 5.80. The summed E-state index contributed by atoms with van der Waals surface area (Å²) < 4.78 is 69.8. The minimum absolute atomic E-state index is 0. The first-order chi connectivity index (χ1) is 22.4. The van der Waals surface area contributed by atoms with Crippen LogP contribution in [-0.2, 0) is 31.1 Å². The van der Waals surface area contributed by atoms with Crippen molar-refractivity contribution in [2.45, 2.75) is 20.0 Å². The summed E-state index contributed by atoms with van der Waals surface area (Å²) in [7, 11) is 0. The molecule has 6 aromatic carbocycles. The second-order valence-electron chi connectivity index (χ2n) is 11.1. The Morgan fingerprint density at radius 3 is 2.12 bits per heavy atom. The maximum atomic E-state index is 14.4. The Morgan fingerprint density at radius 1 is 0.771 bits per heavy atom. The molecule has 0 aliphatic carbocycles. The van der Waals surface area contributed by atoms with Gasteiger partial charge in [-0.15, -0.1) is 23.6 Å². The van der Waals surface area contributed by atoms with Crippen molar-refractivity contribution in [2.24, 2.45) is 0 Å². The molecular formula is C39H25F5IrNO2-. The zero-order valence-corrected chi connectivity index (χ0v) is 27.8. The van der Waals surface area contributed by atoms with E-state index in [-0.39, 0.29) is 42.6 Å². The monoisotopic (exact) mass is 827 g/mol. The molecule has 0 amide bonds. The Bertz CT molecular complexity index is 2380. The van der Waals surface area contributed by atoms with Gasteiger partial charge in [0.15, 0.2) is 5.78 Å². The van der Waals surface area contributed by atoms with E-state index in [0.717, 1.165) is 39.1 Å². The Hall–Kier alpha value is -4.98. The van der Waals surface area contributed by atoms with Gasteiger partial charge in [-0.3, -0.25) is 9.78 Å².